The molecule has 4 nitrogen and oxygen atoms in total. The van der Waals surface area contributed by atoms with E-state index in [2.05, 4.69) is 26.8 Å². The van der Waals surface area contributed by atoms with E-state index in [0.717, 1.165) is 43.4 Å². The molecular formula is C25H38O4. The van der Waals surface area contributed by atoms with Crippen LogP contribution >= 0.6 is 0 Å². The van der Waals surface area contributed by atoms with E-state index in [4.69, 9.17) is 9.47 Å². The maximum absolute atomic E-state index is 11.5. The Labute approximate surface area is 175 Å². The largest absolute Gasteiger partial charge is 0.463 e. The van der Waals surface area contributed by atoms with E-state index in [1.54, 1.807) is 5.57 Å². The fourth-order valence-corrected chi connectivity index (χ4v) is 8.12. The summed E-state index contributed by atoms with van der Waals surface area (Å²) in [6.45, 7) is 10.1. The van der Waals surface area contributed by atoms with Gasteiger partial charge in [-0.1, -0.05) is 25.5 Å². The molecule has 0 aromatic rings. The molecule has 3 fully saturated rings. The van der Waals surface area contributed by atoms with E-state index in [9.17, 15) is 9.59 Å². The highest BCUT2D eigenvalue weighted by molar-refractivity contribution is 5.66. The summed E-state index contributed by atoms with van der Waals surface area (Å²) in [6, 6.07) is 0. The number of ether oxygens (including phenoxy) is 2. The summed E-state index contributed by atoms with van der Waals surface area (Å²) in [5.74, 6) is 2.38. The zero-order valence-corrected chi connectivity index (χ0v) is 18.8. The number of hydrogen-bond donors (Lipinski definition) is 0. The Hall–Kier alpha value is -1.32. The number of esters is 2. The average Bonchev–Trinajstić information content (AvgIpc) is 2.98. The summed E-state index contributed by atoms with van der Waals surface area (Å²) < 4.78 is 11.2. The molecule has 3 saturated carbocycles. The van der Waals surface area contributed by atoms with Crippen molar-refractivity contribution < 1.29 is 19.1 Å². The molecule has 162 valence electrons. The topological polar surface area (TPSA) is 52.6 Å². The molecule has 0 spiro atoms. The monoisotopic (exact) mass is 402 g/mol. The van der Waals surface area contributed by atoms with Gasteiger partial charge in [0.2, 0.25) is 0 Å². The molecule has 4 rings (SSSR count). The lowest BCUT2D eigenvalue weighted by atomic mass is 9.47. The molecule has 0 bridgehead atoms. The normalized spacial score (nSPS) is 44.6. The van der Waals surface area contributed by atoms with Crippen molar-refractivity contribution in [3.05, 3.63) is 11.6 Å². The van der Waals surface area contributed by atoms with Gasteiger partial charge in [-0.2, -0.15) is 0 Å². The van der Waals surface area contributed by atoms with Gasteiger partial charge in [0.1, 0.15) is 12.2 Å². The zero-order chi connectivity index (χ0) is 21.0. The smallest absolute Gasteiger partial charge is 0.302 e. The number of carbonyl (C=O) groups excluding carboxylic acids is 2. The third-order valence-electron chi connectivity index (χ3n) is 9.38. The van der Waals surface area contributed by atoms with Crippen LogP contribution in [0.25, 0.3) is 0 Å². The molecule has 0 radical (unpaired) electrons. The summed E-state index contributed by atoms with van der Waals surface area (Å²) in [5, 5.41) is 0. The average molecular weight is 403 g/mol. The summed E-state index contributed by atoms with van der Waals surface area (Å²) in [4.78, 5) is 23.0. The maximum atomic E-state index is 11.5. The SMILES string of the molecule is CC(=O)O[C@H]1CC[C@@]2(C)C(=CC[C@H]3[C@@H]4CC[C@H]([C@@H](C)OC(C)=O)[C@@]4(C)CC[C@@H]32)C1. The molecule has 8 atom stereocenters. The Bertz CT molecular complexity index is 712. The second kappa shape index (κ2) is 7.42. The van der Waals surface area contributed by atoms with Crippen molar-refractivity contribution in [1.82, 2.24) is 0 Å². The van der Waals surface area contributed by atoms with Crippen LogP contribution < -0.4 is 0 Å². The van der Waals surface area contributed by atoms with Gasteiger partial charge in [-0.15, -0.1) is 0 Å². The van der Waals surface area contributed by atoms with Crippen LogP contribution in [0.15, 0.2) is 11.6 Å². The third kappa shape index (κ3) is 3.45. The lowest BCUT2D eigenvalue weighted by Gasteiger charge is -2.58. The van der Waals surface area contributed by atoms with E-state index in [0.29, 0.717) is 5.92 Å². The highest BCUT2D eigenvalue weighted by Gasteiger charge is 2.59. The van der Waals surface area contributed by atoms with Gasteiger partial charge in [0.05, 0.1) is 0 Å². The minimum absolute atomic E-state index is 0.0171. The number of rotatable bonds is 3. The summed E-state index contributed by atoms with van der Waals surface area (Å²) in [7, 11) is 0. The predicted molar refractivity (Wildman–Crippen MR) is 112 cm³/mol. The van der Waals surface area contributed by atoms with Crippen molar-refractivity contribution in [3.63, 3.8) is 0 Å². The molecule has 0 aliphatic heterocycles. The molecule has 4 aliphatic carbocycles. The second-order valence-electron chi connectivity index (χ2n) is 10.8. The Balaban J connectivity index is 1.54. The highest BCUT2D eigenvalue weighted by atomic mass is 16.5. The molecule has 0 amide bonds. The Morgan fingerprint density at radius 3 is 2.48 bits per heavy atom. The first kappa shape index (κ1) is 20.9. The van der Waals surface area contributed by atoms with E-state index < -0.39 is 0 Å². The lowest BCUT2D eigenvalue weighted by Crippen LogP contribution is -2.51. The van der Waals surface area contributed by atoms with Crippen molar-refractivity contribution >= 4 is 11.9 Å². The van der Waals surface area contributed by atoms with E-state index >= 15 is 0 Å². The lowest BCUT2D eigenvalue weighted by molar-refractivity contribution is -0.153. The summed E-state index contributed by atoms with van der Waals surface area (Å²) >= 11 is 0. The van der Waals surface area contributed by atoms with Crippen LogP contribution in [0.3, 0.4) is 0 Å². The first-order valence-electron chi connectivity index (χ1n) is 11.7. The van der Waals surface area contributed by atoms with E-state index in [-0.39, 0.29) is 35.0 Å². The minimum atomic E-state index is -0.153. The van der Waals surface area contributed by atoms with Crippen molar-refractivity contribution in [1.29, 1.82) is 0 Å². The number of hydrogen-bond acceptors (Lipinski definition) is 4. The first-order valence-corrected chi connectivity index (χ1v) is 11.7. The van der Waals surface area contributed by atoms with E-state index in [1.807, 2.05) is 0 Å². The van der Waals surface area contributed by atoms with Gasteiger partial charge < -0.3 is 9.47 Å². The number of carbonyl (C=O) groups is 2. The number of allylic oxidation sites excluding steroid dienone is 1. The Morgan fingerprint density at radius 1 is 1.03 bits per heavy atom. The van der Waals surface area contributed by atoms with Gasteiger partial charge >= 0.3 is 11.9 Å². The molecule has 0 saturated heterocycles. The summed E-state index contributed by atoms with van der Waals surface area (Å²) in [5.41, 5.74) is 2.09. The van der Waals surface area contributed by atoms with Crippen LogP contribution in [0, 0.1) is 34.5 Å². The fraction of sp³-hybridized carbons (Fsp3) is 0.840. The molecule has 4 aliphatic rings. The van der Waals surface area contributed by atoms with Crippen LogP contribution in [0.4, 0.5) is 0 Å². The van der Waals surface area contributed by atoms with Crippen LogP contribution in [0.5, 0.6) is 0 Å². The minimum Gasteiger partial charge on any atom is -0.463 e. The molecule has 29 heavy (non-hydrogen) atoms. The van der Waals surface area contributed by atoms with Gasteiger partial charge in [0.25, 0.3) is 0 Å². The third-order valence-corrected chi connectivity index (χ3v) is 9.38. The highest BCUT2D eigenvalue weighted by Crippen LogP contribution is 2.66. The van der Waals surface area contributed by atoms with Crippen molar-refractivity contribution in [2.24, 2.45) is 34.5 Å². The standard InChI is InChI=1S/C25H38O4/c1-15(28-16(2)26)21-8-9-22-20-7-6-18-14-19(29-17(3)27)10-12-24(18,4)23(20)11-13-25(21,22)5/h6,15,19-23H,7-14H2,1-5H3/t15-,19+,20+,21-,22+,23+,24+,25-/m1/s1. The molecule has 0 heterocycles. The van der Waals surface area contributed by atoms with Gasteiger partial charge in [0.15, 0.2) is 0 Å². The molecule has 0 unspecified atom stereocenters. The maximum Gasteiger partial charge on any atom is 0.302 e. The quantitative estimate of drug-likeness (QED) is 0.465. The zero-order valence-electron chi connectivity index (χ0n) is 18.8. The van der Waals surface area contributed by atoms with Gasteiger partial charge in [-0.3, -0.25) is 9.59 Å². The van der Waals surface area contributed by atoms with Gasteiger partial charge in [-0.05, 0) is 80.5 Å². The molecular weight excluding hydrogens is 364 g/mol. The van der Waals surface area contributed by atoms with Crippen molar-refractivity contribution in [3.8, 4) is 0 Å². The van der Waals surface area contributed by atoms with Crippen LogP contribution in [-0.2, 0) is 19.1 Å². The van der Waals surface area contributed by atoms with Gasteiger partial charge in [-0.25, -0.2) is 0 Å². The fourth-order valence-electron chi connectivity index (χ4n) is 8.12. The van der Waals surface area contributed by atoms with Crippen LogP contribution in [-0.4, -0.2) is 24.1 Å². The first-order chi connectivity index (χ1) is 13.6. The molecule has 0 N–H and O–H groups in total. The number of fused-ring (bicyclic) bond motifs is 5. The summed E-state index contributed by atoms with van der Waals surface area (Å²) in [6.07, 6.45) is 11.8. The predicted octanol–water partition coefficient (Wildman–Crippen LogP) is 5.45. The Morgan fingerprint density at radius 2 is 1.79 bits per heavy atom. The second-order valence-corrected chi connectivity index (χ2v) is 10.8. The van der Waals surface area contributed by atoms with Gasteiger partial charge in [0, 0.05) is 26.2 Å². The van der Waals surface area contributed by atoms with E-state index in [1.165, 1.54) is 39.5 Å². The van der Waals surface area contributed by atoms with Crippen molar-refractivity contribution in [2.75, 3.05) is 0 Å². The molecule has 0 aromatic carbocycles. The Kier molecular flexibility index (Phi) is 5.36. The van der Waals surface area contributed by atoms with Crippen LogP contribution in [0.2, 0.25) is 0 Å². The van der Waals surface area contributed by atoms with Crippen molar-refractivity contribution in [2.45, 2.75) is 98.2 Å². The molecule has 4 heteroatoms. The van der Waals surface area contributed by atoms with Crippen LogP contribution in [0.1, 0.15) is 86.0 Å². The molecule has 0 aromatic heterocycles.